The van der Waals surface area contributed by atoms with Gasteiger partial charge in [0.1, 0.15) is 49.5 Å². The van der Waals surface area contributed by atoms with Crippen molar-refractivity contribution in [1.82, 2.24) is 0 Å². The van der Waals surface area contributed by atoms with Crippen LogP contribution in [0.3, 0.4) is 0 Å². The molecule has 8 N–H and O–H groups in total. The van der Waals surface area contributed by atoms with Gasteiger partial charge < -0.3 is 49.7 Å². The topological polar surface area (TPSA) is 259 Å². The summed E-state index contributed by atoms with van der Waals surface area (Å²) < 4.78 is 48.2. The molecule has 18 heteroatoms. The molecule has 0 saturated heterocycles. The number of carbonyl (C=O) groups is 1. The summed E-state index contributed by atoms with van der Waals surface area (Å²) in [7, 11) is -10.5. The number of unbranched alkanes of at least 4 members (excludes halogenated alkanes) is 12. The van der Waals surface area contributed by atoms with Crippen molar-refractivity contribution in [2.75, 3.05) is 20.0 Å². The van der Waals surface area contributed by atoms with Crippen LogP contribution in [0.2, 0.25) is 0 Å². The number of hydrogen-bond acceptors (Lipinski definition) is 13. The third kappa shape index (κ3) is 18.8. The highest BCUT2D eigenvalue weighted by Crippen LogP contribution is 2.49. The van der Waals surface area contributed by atoms with Crippen molar-refractivity contribution >= 4 is 21.6 Å². The van der Waals surface area contributed by atoms with Gasteiger partial charge in [-0.2, -0.15) is 0 Å². The van der Waals surface area contributed by atoms with Crippen molar-refractivity contribution < 1.29 is 77.2 Å². The van der Waals surface area contributed by atoms with Crippen LogP contribution < -0.4 is 0 Å². The van der Waals surface area contributed by atoms with Gasteiger partial charge in [-0.15, -0.1) is 0 Å². The van der Waals surface area contributed by atoms with Gasteiger partial charge in [-0.05, 0) is 19.3 Å². The lowest BCUT2D eigenvalue weighted by Gasteiger charge is -2.43. The van der Waals surface area contributed by atoms with Crippen molar-refractivity contribution in [1.29, 1.82) is 0 Å². The molecule has 0 heterocycles. The van der Waals surface area contributed by atoms with Crippen molar-refractivity contribution in [3.63, 3.8) is 0 Å². The molecule has 1 saturated carbocycles. The summed E-state index contributed by atoms with van der Waals surface area (Å²) >= 11 is 0. The van der Waals surface area contributed by atoms with Crippen molar-refractivity contribution in [3.8, 4) is 0 Å². The number of phosphoric ester groups is 2. The molecule has 0 aromatic heterocycles. The molecule has 0 radical (unpaired) electrons. The van der Waals surface area contributed by atoms with Gasteiger partial charge in [-0.25, -0.2) is 9.13 Å². The maximum absolute atomic E-state index is 12.7. The van der Waals surface area contributed by atoms with E-state index in [1.165, 1.54) is 51.4 Å². The summed E-state index contributed by atoms with van der Waals surface area (Å²) in [4.78, 5) is 40.8. The predicted octanol–water partition coefficient (Wildman–Crippen LogP) is 2.56. The van der Waals surface area contributed by atoms with Gasteiger partial charge in [-0.3, -0.25) is 18.4 Å². The van der Waals surface area contributed by atoms with E-state index in [9.17, 15) is 39.2 Å². The minimum atomic E-state index is -5.32. The van der Waals surface area contributed by atoms with Gasteiger partial charge in [0, 0.05) is 13.0 Å². The van der Waals surface area contributed by atoms with Gasteiger partial charge in [0.15, 0.2) is 0 Å². The first-order valence-corrected chi connectivity index (χ1v) is 19.2. The second kappa shape index (κ2) is 23.7. The van der Waals surface area contributed by atoms with E-state index >= 15 is 0 Å². The fourth-order valence-electron chi connectivity index (χ4n) is 5.14. The Morgan fingerprint density at radius 3 is 1.70 bits per heavy atom. The second-order valence-electron chi connectivity index (χ2n) is 11.6. The van der Waals surface area contributed by atoms with Gasteiger partial charge in [0.05, 0.1) is 6.61 Å². The second-order valence-corrected chi connectivity index (χ2v) is 14.2. The van der Waals surface area contributed by atoms with Crippen LogP contribution in [0.15, 0.2) is 0 Å². The number of aliphatic hydroxyl groups excluding tert-OH is 5. The smallest absolute Gasteiger partial charge is 0.460 e. The van der Waals surface area contributed by atoms with Crippen molar-refractivity contribution in [2.24, 2.45) is 0 Å². The first-order valence-electron chi connectivity index (χ1n) is 16.2. The van der Waals surface area contributed by atoms with Crippen LogP contribution in [0.25, 0.3) is 0 Å². The number of carbonyl (C=O) groups excluding carboxylic acids is 1. The van der Waals surface area contributed by atoms with E-state index in [1.54, 1.807) is 0 Å². The molecule has 8 atom stereocenters. The monoisotopic (exact) mass is 710 g/mol. The zero-order chi connectivity index (χ0) is 34.6. The van der Waals surface area contributed by atoms with Crippen LogP contribution >= 0.6 is 15.6 Å². The maximum Gasteiger partial charge on any atom is 0.472 e. The Morgan fingerprint density at radius 1 is 0.696 bits per heavy atom. The van der Waals surface area contributed by atoms with Crippen LogP contribution in [0.5, 0.6) is 0 Å². The Morgan fingerprint density at radius 2 is 1.20 bits per heavy atom. The first kappa shape index (κ1) is 43.5. The number of hydrogen-bond donors (Lipinski definition) is 8. The number of rotatable bonds is 27. The lowest BCUT2D eigenvalue weighted by atomic mass is 9.85. The van der Waals surface area contributed by atoms with Gasteiger partial charge >= 0.3 is 21.6 Å². The lowest BCUT2D eigenvalue weighted by molar-refractivity contribution is -0.216. The Hall–Kier alpha value is -0.550. The molecule has 1 aliphatic rings. The molecule has 0 amide bonds. The summed E-state index contributed by atoms with van der Waals surface area (Å²) in [6, 6.07) is 0. The lowest BCUT2D eigenvalue weighted by Crippen LogP contribution is -2.64. The molecule has 0 spiro atoms. The molecule has 0 bridgehead atoms. The highest BCUT2D eigenvalue weighted by Gasteiger charge is 2.54. The summed E-state index contributed by atoms with van der Waals surface area (Å²) in [5.41, 5.74) is 0. The Balaban J connectivity index is 2.54. The van der Waals surface area contributed by atoms with Gasteiger partial charge in [0.2, 0.25) is 0 Å². The molecule has 274 valence electrons. The van der Waals surface area contributed by atoms with Crippen LogP contribution in [0.4, 0.5) is 0 Å². The van der Waals surface area contributed by atoms with Gasteiger partial charge in [0.25, 0.3) is 0 Å². The molecule has 0 aromatic carbocycles. The number of ether oxygens (including phenoxy) is 2. The van der Waals surface area contributed by atoms with E-state index in [0.717, 1.165) is 25.7 Å². The Kier molecular flexibility index (Phi) is 22.4. The molecule has 1 rings (SSSR count). The highest BCUT2D eigenvalue weighted by molar-refractivity contribution is 7.47. The standard InChI is InChI=1S/C28H56O16P2/c1-2-3-4-5-6-7-8-9-10-11-12-13-14-17-22(30)42-21(16-15-18-40-20-29)19-41-46(38,39)44-28-25(33)23(31)24(32)27(26(28)34)43-45(35,36)37/h21,23-29,31-34H,2-20H2,1H3,(H,38,39)(H2,35,36,37)/t21-,23?,24-,25-,26?,27+,28?/m0/s1. The van der Waals surface area contributed by atoms with Crippen molar-refractivity contribution in [3.05, 3.63) is 0 Å². The molecular weight excluding hydrogens is 654 g/mol. The normalized spacial score (nSPS) is 25.7. The van der Waals surface area contributed by atoms with E-state index in [-0.39, 0.29) is 25.9 Å². The quantitative estimate of drug-likeness (QED) is 0.0264. The zero-order valence-corrected chi connectivity index (χ0v) is 28.5. The molecule has 0 aromatic rings. The predicted molar refractivity (Wildman–Crippen MR) is 164 cm³/mol. The third-order valence-electron chi connectivity index (χ3n) is 7.67. The molecule has 1 fully saturated rings. The number of aliphatic hydroxyl groups is 5. The van der Waals surface area contributed by atoms with Crippen LogP contribution in [-0.2, 0) is 37.0 Å². The number of esters is 1. The molecule has 1 aliphatic carbocycles. The zero-order valence-electron chi connectivity index (χ0n) is 26.7. The SMILES string of the molecule is CCCCCCCCCCCCCCCC(=O)O[C@@H](CCCOCO)COP(=O)(O)OC1C(O)[C@H](OP(=O)(O)O)[C@@H](O)C(O)[C@@H]1O. The van der Waals surface area contributed by atoms with E-state index in [4.69, 9.17) is 33.4 Å². The van der Waals surface area contributed by atoms with E-state index in [0.29, 0.717) is 6.42 Å². The largest absolute Gasteiger partial charge is 0.472 e. The van der Waals surface area contributed by atoms with Crippen LogP contribution in [0, 0.1) is 0 Å². The first-order chi connectivity index (χ1) is 21.7. The highest BCUT2D eigenvalue weighted by atomic mass is 31.2. The maximum atomic E-state index is 12.7. The molecular formula is C28H56O16P2. The van der Waals surface area contributed by atoms with E-state index in [1.807, 2.05) is 0 Å². The summed E-state index contributed by atoms with van der Waals surface area (Å²) in [6.45, 7) is 1.11. The number of phosphoric acid groups is 2. The minimum absolute atomic E-state index is 0.0956. The Labute approximate surface area is 271 Å². The summed E-state index contributed by atoms with van der Waals surface area (Å²) in [5, 5.41) is 49.4. The van der Waals surface area contributed by atoms with E-state index in [2.05, 4.69) is 11.4 Å². The van der Waals surface area contributed by atoms with E-state index < -0.39 is 77.7 Å². The minimum Gasteiger partial charge on any atom is -0.460 e. The third-order valence-corrected chi connectivity index (χ3v) is 9.18. The molecule has 46 heavy (non-hydrogen) atoms. The van der Waals surface area contributed by atoms with Crippen molar-refractivity contribution in [2.45, 2.75) is 152 Å². The van der Waals surface area contributed by atoms with Crippen LogP contribution in [0.1, 0.15) is 110 Å². The fourth-order valence-corrected chi connectivity index (χ4v) is 6.68. The molecule has 4 unspecified atom stereocenters. The molecule has 16 nitrogen and oxygen atoms in total. The van der Waals surface area contributed by atoms with Gasteiger partial charge in [-0.1, -0.05) is 84.0 Å². The van der Waals surface area contributed by atoms with Crippen LogP contribution in [-0.4, -0.2) is 109 Å². The average molecular weight is 711 g/mol. The summed E-state index contributed by atoms with van der Waals surface area (Å²) in [5.74, 6) is -0.555. The average Bonchev–Trinajstić information content (AvgIpc) is 2.99. The summed E-state index contributed by atoms with van der Waals surface area (Å²) in [6.07, 6.45) is 1.15. The fraction of sp³-hybridized carbons (Fsp3) is 0.964. The molecule has 0 aliphatic heterocycles. The Bertz CT molecular complexity index is 905.